The zero-order valence-corrected chi connectivity index (χ0v) is 31.8. The van der Waals surface area contributed by atoms with Gasteiger partial charge in [0.25, 0.3) is 17.4 Å². The van der Waals surface area contributed by atoms with Crippen molar-refractivity contribution in [3.05, 3.63) is 106 Å². The molecule has 4 amide bonds. The first-order valence-corrected chi connectivity index (χ1v) is 19.5. The van der Waals surface area contributed by atoms with Gasteiger partial charge in [0.05, 0.1) is 22.5 Å². The minimum Gasteiger partial charge on any atom is -0.369 e. The molecule has 12 heteroatoms. The molecule has 3 aromatic carbocycles. The number of nitrogens with one attached hydrogen (secondary N) is 1. The fourth-order valence-electron chi connectivity index (χ4n) is 9.73. The Labute approximate surface area is 324 Å². The fourth-order valence-corrected chi connectivity index (χ4v) is 9.73. The molecule has 286 valence electrons. The van der Waals surface area contributed by atoms with Crippen LogP contribution in [0.2, 0.25) is 0 Å². The van der Waals surface area contributed by atoms with Crippen molar-refractivity contribution in [2.45, 2.75) is 83.7 Å². The molecule has 1 aromatic heterocycles. The van der Waals surface area contributed by atoms with Crippen molar-refractivity contribution in [1.29, 1.82) is 0 Å². The Hall–Kier alpha value is -5.83. The van der Waals surface area contributed by atoms with E-state index in [2.05, 4.69) is 69.6 Å². The monoisotopic (exact) mass is 754 g/mol. The average Bonchev–Trinajstić information content (AvgIpc) is 3.86. The number of nitrogens with zero attached hydrogens (tertiary/aromatic N) is 5. The van der Waals surface area contributed by atoms with Crippen LogP contribution in [0.5, 0.6) is 0 Å². The maximum atomic E-state index is 15.7. The molecule has 5 aliphatic rings. The summed E-state index contributed by atoms with van der Waals surface area (Å²) in [5, 5.41) is 6.40. The number of benzene rings is 3. The summed E-state index contributed by atoms with van der Waals surface area (Å²) in [6.45, 7) is 15.9. The van der Waals surface area contributed by atoms with Crippen LogP contribution in [0.3, 0.4) is 0 Å². The van der Waals surface area contributed by atoms with Gasteiger partial charge in [-0.3, -0.25) is 29.4 Å². The highest BCUT2D eigenvalue weighted by molar-refractivity contribution is 6.23. The summed E-state index contributed by atoms with van der Waals surface area (Å²) in [4.78, 5) is 60.1. The van der Waals surface area contributed by atoms with Gasteiger partial charge in [-0.25, -0.2) is 11.0 Å². The van der Waals surface area contributed by atoms with Crippen LogP contribution in [-0.2, 0) is 15.1 Å². The summed E-state index contributed by atoms with van der Waals surface area (Å²) >= 11 is 0. The number of halogens is 1. The van der Waals surface area contributed by atoms with E-state index in [0.29, 0.717) is 19.0 Å². The standard InChI is InChI=1S/C44H43FN6O5/c1-25-5-6-29(39-26(2)48-56-27(39)3)19-36(25)50(31-9-7-30(8-10-31)44(46-4)13-14-44)24-28-22-43(23-28)15-17-49(18-16-43)37-21-33-32(20-34(37)45)41(54)51(42(33)55)35-11-12-38(52)47-40(35)53/h5-10,19-21,28,35H,11-18,22-24H2,1-3H3,(H,47,52,53). The maximum absolute atomic E-state index is 15.7. The van der Waals surface area contributed by atoms with Gasteiger partial charge in [0, 0.05) is 61.4 Å². The summed E-state index contributed by atoms with van der Waals surface area (Å²) in [6, 6.07) is 16.5. The molecule has 4 aromatic rings. The number of rotatable bonds is 8. The zero-order chi connectivity index (χ0) is 39.1. The second-order valence-corrected chi connectivity index (χ2v) is 16.6. The van der Waals surface area contributed by atoms with Crippen LogP contribution in [0.4, 0.5) is 21.5 Å². The first kappa shape index (κ1) is 35.8. The summed E-state index contributed by atoms with van der Waals surface area (Å²) in [5.41, 5.74) is 7.43. The largest absolute Gasteiger partial charge is 0.369 e. The summed E-state index contributed by atoms with van der Waals surface area (Å²) < 4.78 is 21.2. The second kappa shape index (κ2) is 13.1. The van der Waals surface area contributed by atoms with Crippen LogP contribution < -0.4 is 15.1 Å². The van der Waals surface area contributed by atoms with Gasteiger partial charge in [-0.1, -0.05) is 17.3 Å². The molecule has 1 N–H and O–H groups in total. The third-order valence-corrected chi connectivity index (χ3v) is 13.0. The lowest BCUT2D eigenvalue weighted by Crippen LogP contribution is -2.54. The van der Waals surface area contributed by atoms with Crippen molar-refractivity contribution in [2.24, 2.45) is 11.3 Å². The van der Waals surface area contributed by atoms with Crippen molar-refractivity contribution >= 4 is 40.7 Å². The Kier molecular flexibility index (Phi) is 8.41. The Morgan fingerprint density at radius 3 is 2.27 bits per heavy atom. The Morgan fingerprint density at radius 2 is 1.64 bits per heavy atom. The van der Waals surface area contributed by atoms with Crippen LogP contribution in [0.15, 0.2) is 59.1 Å². The number of piperidine rings is 2. The van der Waals surface area contributed by atoms with E-state index in [9.17, 15) is 19.2 Å². The van der Waals surface area contributed by atoms with E-state index in [1.54, 1.807) is 0 Å². The zero-order valence-electron chi connectivity index (χ0n) is 31.8. The molecule has 56 heavy (non-hydrogen) atoms. The van der Waals surface area contributed by atoms with Crippen molar-refractivity contribution in [3.63, 3.8) is 0 Å². The molecule has 4 fully saturated rings. The van der Waals surface area contributed by atoms with Gasteiger partial charge >= 0.3 is 0 Å². The highest BCUT2D eigenvalue weighted by Gasteiger charge is 2.53. The number of carbonyl (C=O) groups excluding carboxylic acids is 4. The Bertz CT molecular complexity index is 2340. The van der Waals surface area contributed by atoms with Crippen LogP contribution in [0.1, 0.15) is 94.7 Å². The van der Waals surface area contributed by atoms with E-state index in [0.717, 1.165) is 101 Å². The molecular weight excluding hydrogens is 712 g/mol. The third kappa shape index (κ3) is 5.87. The van der Waals surface area contributed by atoms with E-state index in [1.165, 1.54) is 6.07 Å². The molecule has 3 aliphatic heterocycles. The maximum Gasteiger partial charge on any atom is 0.262 e. The first-order chi connectivity index (χ1) is 26.9. The number of hydrogen-bond donors (Lipinski definition) is 1. The summed E-state index contributed by atoms with van der Waals surface area (Å²) in [5.74, 6) is -1.85. The molecule has 9 rings (SSSR count). The number of hydrogen-bond acceptors (Lipinski definition) is 8. The quantitative estimate of drug-likeness (QED) is 0.145. The molecule has 0 bridgehead atoms. The van der Waals surface area contributed by atoms with Gasteiger partial charge in [0.2, 0.25) is 11.8 Å². The number of fused-ring (bicyclic) bond motifs is 1. The van der Waals surface area contributed by atoms with E-state index in [1.807, 2.05) is 18.7 Å². The van der Waals surface area contributed by atoms with E-state index in [-0.39, 0.29) is 40.6 Å². The highest BCUT2D eigenvalue weighted by Crippen LogP contribution is 2.54. The van der Waals surface area contributed by atoms with Gasteiger partial charge in [-0.15, -0.1) is 0 Å². The summed E-state index contributed by atoms with van der Waals surface area (Å²) in [7, 11) is 0. The van der Waals surface area contributed by atoms with Crippen molar-refractivity contribution in [3.8, 4) is 11.1 Å². The number of carbonyl (C=O) groups is 4. The van der Waals surface area contributed by atoms with Gasteiger partial charge in [-0.2, -0.15) is 0 Å². The molecular formula is C44H43FN6O5. The fraction of sp³-hybridized carbons (Fsp3) is 0.409. The van der Waals surface area contributed by atoms with Gasteiger partial charge in [0.15, 0.2) is 0 Å². The molecule has 2 saturated carbocycles. The molecule has 1 spiro atoms. The SMILES string of the molecule is [C-]#[N+]C1(c2ccc(N(CC3CC4(CCN(c5cc6c(cc5F)C(=O)N(C5CCC(=O)NC5=O)C6=O)CC4)C3)c3cc(-c4c(C)noc4C)ccc3C)cc2)CC1. The lowest BCUT2D eigenvalue weighted by atomic mass is 9.57. The van der Waals surface area contributed by atoms with Crippen LogP contribution in [0.25, 0.3) is 16.0 Å². The third-order valence-electron chi connectivity index (χ3n) is 13.0. The molecule has 0 radical (unpaired) electrons. The Morgan fingerprint density at radius 1 is 0.946 bits per heavy atom. The van der Waals surface area contributed by atoms with Crippen LogP contribution in [-0.4, -0.2) is 59.4 Å². The molecule has 1 unspecified atom stereocenters. The number of amides is 4. The predicted octanol–water partition coefficient (Wildman–Crippen LogP) is 7.55. The summed E-state index contributed by atoms with van der Waals surface area (Å²) in [6.07, 6.45) is 5.71. The van der Waals surface area contributed by atoms with Gasteiger partial charge < -0.3 is 19.2 Å². The normalized spacial score (nSPS) is 21.2. The van der Waals surface area contributed by atoms with Crippen molar-refractivity contribution in [2.75, 3.05) is 29.4 Å². The first-order valence-electron chi connectivity index (χ1n) is 19.5. The smallest absolute Gasteiger partial charge is 0.262 e. The minimum absolute atomic E-state index is 0.0198. The topological polar surface area (TPSA) is 120 Å². The highest BCUT2D eigenvalue weighted by atomic mass is 19.1. The van der Waals surface area contributed by atoms with Gasteiger partial charge in [0.1, 0.15) is 17.6 Å². The molecule has 11 nitrogen and oxygen atoms in total. The number of aromatic nitrogens is 1. The lowest BCUT2D eigenvalue weighted by Gasteiger charge is -2.53. The van der Waals surface area contributed by atoms with Crippen molar-refractivity contribution < 1.29 is 28.1 Å². The Balaban J connectivity index is 0.913. The van der Waals surface area contributed by atoms with E-state index in [4.69, 9.17) is 11.1 Å². The average molecular weight is 755 g/mol. The van der Waals surface area contributed by atoms with Crippen molar-refractivity contribution in [1.82, 2.24) is 15.4 Å². The van der Waals surface area contributed by atoms with Crippen LogP contribution in [0, 0.1) is 44.5 Å². The molecule has 4 heterocycles. The van der Waals surface area contributed by atoms with E-state index < -0.39 is 35.5 Å². The molecule has 2 saturated heterocycles. The number of anilines is 3. The predicted molar refractivity (Wildman–Crippen MR) is 207 cm³/mol. The number of imide groups is 2. The number of aryl methyl sites for hydroxylation is 3. The van der Waals surface area contributed by atoms with E-state index >= 15 is 4.39 Å². The minimum atomic E-state index is -1.10. The van der Waals surface area contributed by atoms with Crippen LogP contribution >= 0.6 is 0 Å². The second-order valence-electron chi connectivity index (χ2n) is 16.6. The molecule has 1 atom stereocenters. The van der Waals surface area contributed by atoms with Gasteiger partial charge in [-0.05, 0) is 118 Å². The lowest BCUT2D eigenvalue weighted by molar-refractivity contribution is -0.136. The molecule has 2 aliphatic carbocycles.